The molecule has 402 valence electrons. The maximum atomic E-state index is 12.7. The largest absolute Gasteiger partial charge is 0.403 e. The summed E-state index contributed by atoms with van der Waals surface area (Å²) < 4.78 is 94.9. The number of rotatable bonds is 24. The van der Waals surface area contributed by atoms with Gasteiger partial charge in [-0.15, -0.1) is 0 Å². The number of aromatic nitrogens is 4. The fraction of sp³-hybridized carbons (Fsp3) is 0.490. The number of hydrogen-bond donors (Lipinski definition) is 8. The first-order valence-electron chi connectivity index (χ1n) is 24.5. The molecule has 74 heavy (non-hydrogen) atoms. The number of amides is 1. The first-order chi connectivity index (χ1) is 34.9. The number of carbonyl (C=O) groups excluding carboxylic acids is 1. The van der Waals surface area contributed by atoms with Gasteiger partial charge in [-0.25, -0.2) is 24.6 Å². The molecule has 0 aliphatic carbocycles. The number of ether oxygens (including phenoxy) is 1. The van der Waals surface area contributed by atoms with Gasteiger partial charge in [-0.3, -0.25) is 23.0 Å². The van der Waals surface area contributed by atoms with Crippen molar-refractivity contribution in [3.63, 3.8) is 0 Å². The normalized spacial score (nSPS) is 21.9. The molecule has 22 nitrogen and oxygen atoms in total. The lowest BCUT2D eigenvalue weighted by Crippen LogP contribution is -2.34. The third kappa shape index (κ3) is 12.5. The molecule has 1 unspecified atom stereocenters. The lowest BCUT2D eigenvalue weighted by Gasteiger charge is -2.25. The van der Waals surface area contributed by atoms with E-state index in [-0.39, 0.29) is 33.7 Å². The zero-order valence-corrected chi connectivity index (χ0v) is 44.6. The van der Waals surface area contributed by atoms with Crippen molar-refractivity contribution in [1.82, 2.24) is 29.9 Å². The van der Waals surface area contributed by atoms with E-state index in [1.807, 2.05) is 65.0 Å². The summed E-state index contributed by atoms with van der Waals surface area (Å²) in [6.07, 6.45) is 12.5. The van der Waals surface area contributed by atoms with E-state index in [4.69, 9.17) is 15.0 Å². The molecule has 4 aromatic rings. The number of fused-ring (bicyclic) bond motifs is 3. The molecule has 1 saturated heterocycles. The van der Waals surface area contributed by atoms with Crippen LogP contribution in [-0.2, 0) is 49.7 Å². The van der Waals surface area contributed by atoms with Gasteiger partial charge in [-0.05, 0) is 88.4 Å². The molecule has 0 radical (unpaired) electrons. The van der Waals surface area contributed by atoms with Crippen molar-refractivity contribution >= 4 is 68.0 Å². The number of anilines is 2. The van der Waals surface area contributed by atoms with E-state index in [0.717, 1.165) is 66.0 Å². The van der Waals surface area contributed by atoms with Gasteiger partial charge in [0, 0.05) is 67.0 Å². The summed E-state index contributed by atoms with van der Waals surface area (Å²) in [5.41, 5.74) is 10.3. The maximum absolute atomic E-state index is 12.7. The van der Waals surface area contributed by atoms with Crippen LogP contribution in [0.15, 0.2) is 94.9 Å². The second-order valence-electron chi connectivity index (χ2n) is 19.6. The molecule has 3 aliphatic heterocycles. The van der Waals surface area contributed by atoms with Gasteiger partial charge in [0.2, 0.25) is 11.6 Å². The van der Waals surface area contributed by atoms with Gasteiger partial charge in [0.05, 0.1) is 28.1 Å². The van der Waals surface area contributed by atoms with Crippen molar-refractivity contribution in [3.05, 3.63) is 96.3 Å². The van der Waals surface area contributed by atoms with Gasteiger partial charge in [-0.1, -0.05) is 44.9 Å². The number of aliphatic hydroxyl groups is 2. The monoisotopic (exact) mass is 1080 g/mol. The summed E-state index contributed by atoms with van der Waals surface area (Å²) in [5, 5.41) is 26.7. The number of carbonyl (C=O) groups is 1. The predicted molar refractivity (Wildman–Crippen MR) is 277 cm³/mol. The van der Waals surface area contributed by atoms with E-state index < -0.39 is 70.0 Å². The smallest absolute Gasteiger partial charge is 0.387 e. The lowest BCUT2D eigenvalue weighted by atomic mass is 9.81. The van der Waals surface area contributed by atoms with E-state index in [1.165, 1.54) is 41.5 Å². The van der Waals surface area contributed by atoms with Crippen LogP contribution in [0.2, 0.25) is 0 Å². The minimum absolute atomic E-state index is 0.0607. The minimum Gasteiger partial charge on any atom is -0.387 e. The summed E-state index contributed by atoms with van der Waals surface area (Å²) in [6, 6.07) is 9.25. The maximum Gasteiger partial charge on any atom is 0.403 e. The number of likely N-dealkylation sites (N-methyl/N-ethyl adjacent to an activating group) is 1. The first kappa shape index (κ1) is 56.5. The molecule has 1 amide bonds. The van der Waals surface area contributed by atoms with E-state index in [2.05, 4.69) is 34.8 Å². The molecule has 5 atom stereocenters. The molecule has 2 aromatic carbocycles. The van der Waals surface area contributed by atoms with Crippen molar-refractivity contribution in [2.24, 2.45) is 0 Å². The predicted octanol–water partition coefficient (Wildman–Crippen LogP) is 5.36. The highest BCUT2D eigenvalue weighted by Gasteiger charge is 2.47. The zero-order valence-electron chi connectivity index (χ0n) is 42.0. The van der Waals surface area contributed by atoms with Gasteiger partial charge in [0.15, 0.2) is 23.4 Å². The van der Waals surface area contributed by atoms with Gasteiger partial charge in [0.25, 0.3) is 20.2 Å². The number of hydrogen-bond acceptors (Lipinski definition) is 15. The van der Waals surface area contributed by atoms with Crippen LogP contribution in [-0.4, -0.2) is 128 Å². The van der Waals surface area contributed by atoms with Crippen LogP contribution in [0.25, 0.3) is 11.2 Å². The lowest BCUT2D eigenvalue weighted by molar-refractivity contribution is -0.438. The second kappa shape index (κ2) is 22.9. The van der Waals surface area contributed by atoms with Crippen LogP contribution in [0.4, 0.5) is 17.2 Å². The van der Waals surface area contributed by atoms with Crippen LogP contribution >= 0.6 is 7.75 Å². The van der Waals surface area contributed by atoms with E-state index in [1.54, 1.807) is 12.1 Å². The topological polar surface area (TPSA) is 322 Å². The summed E-state index contributed by atoms with van der Waals surface area (Å²) in [7, 11) is -13.1. The number of allylic oxidation sites excluding steroid dienone is 6. The Balaban J connectivity index is 0.837. The number of nitrogens with one attached hydrogen (secondary N) is 2. The molecule has 9 N–H and O–H groups in total. The fourth-order valence-corrected chi connectivity index (χ4v) is 11.7. The minimum atomic E-state index is -4.45. The van der Waals surface area contributed by atoms with Crippen molar-refractivity contribution in [2.45, 2.75) is 131 Å². The Morgan fingerprint density at radius 2 is 1.55 bits per heavy atom. The summed E-state index contributed by atoms with van der Waals surface area (Å²) in [4.78, 5) is 36.9. The highest BCUT2D eigenvalue weighted by Crippen LogP contribution is 2.48. The van der Waals surface area contributed by atoms with Crippen molar-refractivity contribution in [1.29, 1.82) is 0 Å². The van der Waals surface area contributed by atoms with Gasteiger partial charge in [-0.2, -0.15) is 21.4 Å². The molecule has 25 heteroatoms. The molecule has 7 rings (SSSR count). The summed E-state index contributed by atoms with van der Waals surface area (Å²) in [5.74, 6) is 0.0706. The number of nitrogens with two attached hydrogens (primary N) is 1. The molecule has 0 saturated carbocycles. The Morgan fingerprint density at radius 3 is 2.26 bits per heavy atom. The number of nitrogens with zero attached hydrogens (tertiary/aromatic N) is 6. The number of aliphatic hydroxyl groups excluding tert-OH is 2. The van der Waals surface area contributed by atoms with Gasteiger partial charge >= 0.3 is 7.75 Å². The van der Waals surface area contributed by atoms with Crippen molar-refractivity contribution < 1.29 is 64.2 Å². The number of benzene rings is 2. The zero-order chi connectivity index (χ0) is 53.8. The Kier molecular flexibility index (Phi) is 17.5. The SMILES string of the molecule is CCN1C(=CC=CC=CC2=[N+](CCCCCC(=O)NCCCCCCNP(=O)(O)OC[C@H]3O[C@@H](n4cnc5c(N)ncnc54)[C@H](O)[C@@H]3O)c3ccc(S(=O)(=O)O)cc3C2(C)C)C(C)(C)c2cc(S(=O)(=O)O)ccc21. The quantitative estimate of drug-likeness (QED) is 0.0144. The highest BCUT2D eigenvalue weighted by molar-refractivity contribution is 7.86. The van der Waals surface area contributed by atoms with Crippen LogP contribution in [0.1, 0.15) is 103 Å². The second-order valence-corrected chi connectivity index (χ2v) is 24.0. The average molecular weight is 1090 g/mol. The van der Waals surface area contributed by atoms with Crippen LogP contribution in [0.5, 0.6) is 0 Å². The third-order valence-corrected chi connectivity index (χ3v) is 16.6. The third-order valence-electron chi connectivity index (χ3n) is 13.8. The first-order valence-corrected chi connectivity index (χ1v) is 29.0. The highest BCUT2D eigenvalue weighted by atomic mass is 32.2. The molecule has 0 spiro atoms. The van der Waals surface area contributed by atoms with Crippen LogP contribution in [0.3, 0.4) is 0 Å². The Bertz CT molecular complexity index is 3140. The Hall–Kier alpha value is -5.24. The van der Waals surface area contributed by atoms with Crippen LogP contribution in [0, 0.1) is 0 Å². The van der Waals surface area contributed by atoms with Gasteiger partial charge < -0.3 is 35.8 Å². The molecule has 1 fully saturated rings. The van der Waals surface area contributed by atoms with E-state index in [0.29, 0.717) is 44.4 Å². The van der Waals surface area contributed by atoms with E-state index in [9.17, 15) is 50.4 Å². The Morgan fingerprint density at radius 1 is 0.878 bits per heavy atom. The molecule has 5 heterocycles. The number of nitrogen functional groups attached to an aromatic ring is 1. The Labute approximate surface area is 431 Å². The molecule has 0 bridgehead atoms. The average Bonchev–Trinajstić information content (AvgIpc) is 4.01. The molecule has 3 aliphatic rings. The summed E-state index contributed by atoms with van der Waals surface area (Å²) >= 11 is 0. The summed E-state index contributed by atoms with van der Waals surface area (Å²) in [6.45, 7) is 11.4. The standard InChI is InChI=1S/C49H66N9O13PS2/c1-6-56-36-22-20-32(73(64,65)66)27-34(36)48(2,3)39(56)17-11-9-12-18-40-49(4,5)35-28-33(74(67,68)69)21-23-37(35)57(40)26-16-10-13-19-41(59)51-24-14-7-8-15-25-55-72(62,63)70-29-38-43(60)44(61)47(71-38)58-31-54-42-45(50)52-30-53-46(42)58/h9,11-12,17-18,20-23,27-28,30-31,38,43-44,47,60-61H,6-8,10,13-16,19,24-26,29H2,1-5H3,(H6-,50,51,52,53,55,59,62,63,64,65,66,67,68,69)/p+1/t38-,43-,44-,47-/m1/s1. The van der Waals surface area contributed by atoms with E-state index >= 15 is 0 Å². The molecule has 2 aromatic heterocycles. The number of unbranched alkanes of at least 4 members (excludes halogenated alkanes) is 5. The molecular formula is C49H67N9O13PS2+. The fourth-order valence-electron chi connectivity index (χ4n) is 9.81. The van der Waals surface area contributed by atoms with Crippen molar-refractivity contribution in [3.8, 4) is 0 Å². The number of imidazole rings is 1. The van der Waals surface area contributed by atoms with Crippen LogP contribution < -0.4 is 21.0 Å². The van der Waals surface area contributed by atoms with Gasteiger partial charge in [0.1, 0.15) is 36.7 Å². The molecular weight excluding hydrogens is 1020 g/mol. The van der Waals surface area contributed by atoms with Crippen molar-refractivity contribution in [2.75, 3.05) is 43.4 Å².